The lowest BCUT2D eigenvalue weighted by Gasteiger charge is -2.38. The molecule has 5 rings (SSSR count). The molecule has 5 nitrogen and oxygen atoms in total. The number of pyridine rings is 1. The van der Waals surface area contributed by atoms with Gasteiger partial charge < -0.3 is 9.64 Å². The minimum Gasteiger partial charge on any atom is -0.372 e. The van der Waals surface area contributed by atoms with Crippen molar-refractivity contribution in [2.45, 2.75) is 39.4 Å². The Morgan fingerprint density at radius 1 is 1.03 bits per heavy atom. The van der Waals surface area contributed by atoms with E-state index in [1.165, 1.54) is 11.1 Å². The van der Waals surface area contributed by atoms with Gasteiger partial charge >= 0.3 is 0 Å². The van der Waals surface area contributed by atoms with Gasteiger partial charge in [0.15, 0.2) is 5.65 Å². The molecule has 0 radical (unpaired) electrons. The topological polar surface area (TPSA) is 53.6 Å². The third-order valence-corrected chi connectivity index (χ3v) is 6.15. The lowest BCUT2D eigenvalue weighted by Crippen LogP contribution is -2.46. The van der Waals surface area contributed by atoms with Crippen molar-refractivity contribution < 1.29 is 4.74 Å². The molecule has 2 aromatic carbocycles. The SMILES string of the molecule is Cc1c(Cc2ccccc2)c(N2CC(C)OC(C)C2)n2c(nc3ccccc32)c1C#N. The summed E-state index contributed by atoms with van der Waals surface area (Å²) in [6.45, 7) is 7.92. The molecule has 3 heterocycles. The van der Waals surface area contributed by atoms with Crippen molar-refractivity contribution in [1.82, 2.24) is 9.38 Å². The number of fused-ring (bicyclic) bond motifs is 3. The van der Waals surface area contributed by atoms with Gasteiger partial charge in [-0.3, -0.25) is 4.40 Å². The van der Waals surface area contributed by atoms with Gasteiger partial charge in [0.05, 0.1) is 28.8 Å². The smallest absolute Gasteiger partial charge is 0.157 e. The van der Waals surface area contributed by atoms with E-state index < -0.39 is 0 Å². The molecular weight excluding hydrogens is 384 g/mol. The predicted octanol–water partition coefficient (Wildman–Crippen LogP) is 4.87. The van der Waals surface area contributed by atoms with Crippen LogP contribution in [0.15, 0.2) is 54.6 Å². The zero-order valence-corrected chi connectivity index (χ0v) is 18.2. The van der Waals surface area contributed by atoms with Crippen LogP contribution in [0.3, 0.4) is 0 Å². The Kier molecular flexibility index (Phi) is 4.88. The summed E-state index contributed by atoms with van der Waals surface area (Å²) < 4.78 is 8.23. The molecule has 1 saturated heterocycles. The van der Waals surface area contributed by atoms with Gasteiger partial charge in [0.25, 0.3) is 0 Å². The maximum absolute atomic E-state index is 10.1. The first-order valence-corrected chi connectivity index (χ1v) is 10.8. The molecule has 0 N–H and O–H groups in total. The minimum absolute atomic E-state index is 0.133. The van der Waals surface area contributed by atoms with Crippen LogP contribution < -0.4 is 4.90 Å². The Morgan fingerprint density at radius 3 is 2.42 bits per heavy atom. The van der Waals surface area contributed by atoms with E-state index in [0.29, 0.717) is 5.56 Å². The van der Waals surface area contributed by atoms with Crippen molar-refractivity contribution >= 4 is 22.5 Å². The van der Waals surface area contributed by atoms with Crippen LogP contribution in [0.25, 0.3) is 16.7 Å². The highest BCUT2D eigenvalue weighted by molar-refractivity contribution is 5.86. The van der Waals surface area contributed by atoms with Crippen LogP contribution in [0.4, 0.5) is 5.82 Å². The molecule has 0 bridgehead atoms. The summed E-state index contributed by atoms with van der Waals surface area (Å²) in [5, 5.41) is 10.1. The Labute approximate surface area is 182 Å². The van der Waals surface area contributed by atoms with Gasteiger partial charge in [0.2, 0.25) is 0 Å². The maximum atomic E-state index is 10.1. The number of benzene rings is 2. The second-order valence-electron chi connectivity index (χ2n) is 8.50. The largest absolute Gasteiger partial charge is 0.372 e. The van der Waals surface area contributed by atoms with Gasteiger partial charge in [-0.25, -0.2) is 4.98 Å². The molecule has 2 atom stereocenters. The van der Waals surface area contributed by atoms with E-state index in [1.807, 2.05) is 24.3 Å². The number of nitrogens with zero attached hydrogens (tertiary/aromatic N) is 4. The molecule has 31 heavy (non-hydrogen) atoms. The van der Waals surface area contributed by atoms with E-state index >= 15 is 0 Å². The highest BCUT2D eigenvalue weighted by atomic mass is 16.5. The number of morpholine rings is 1. The second kappa shape index (κ2) is 7.72. The molecule has 0 aliphatic carbocycles. The summed E-state index contributed by atoms with van der Waals surface area (Å²) in [5.74, 6) is 1.13. The van der Waals surface area contributed by atoms with Crippen molar-refractivity contribution in [3.63, 3.8) is 0 Å². The van der Waals surface area contributed by atoms with E-state index in [4.69, 9.17) is 9.72 Å². The first kappa shape index (κ1) is 19.6. The molecule has 5 heteroatoms. The van der Waals surface area contributed by atoms with E-state index in [9.17, 15) is 5.26 Å². The first-order chi connectivity index (χ1) is 15.1. The van der Waals surface area contributed by atoms with Crippen LogP contribution in [0.1, 0.15) is 36.1 Å². The molecule has 4 aromatic rings. The van der Waals surface area contributed by atoms with E-state index in [-0.39, 0.29) is 12.2 Å². The second-order valence-corrected chi connectivity index (χ2v) is 8.50. The van der Waals surface area contributed by atoms with E-state index in [2.05, 4.69) is 66.5 Å². The Hall–Kier alpha value is -3.36. The van der Waals surface area contributed by atoms with Gasteiger partial charge in [-0.1, -0.05) is 42.5 Å². The van der Waals surface area contributed by atoms with Crippen molar-refractivity contribution in [3.8, 4) is 6.07 Å². The highest BCUT2D eigenvalue weighted by Gasteiger charge is 2.29. The van der Waals surface area contributed by atoms with Crippen LogP contribution in [-0.2, 0) is 11.2 Å². The third-order valence-electron chi connectivity index (χ3n) is 6.15. The molecule has 0 amide bonds. The lowest BCUT2D eigenvalue weighted by molar-refractivity contribution is -0.00555. The van der Waals surface area contributed by atoms with Crippen LogP contribution in [-0.4, -0.2) is 34.7 Å². The third kappa shape index (κ3) is 3.34. The number of para-hydroxylation sites is 2. The summed E-state index contributed by atoms with van der Waals surface area (Å²) in [6, 6.07) is 21.1. The van der Waals surface area contributed by atoms with Crippen LogP contribution >= 0.6 is 0 Å². The van der Waals surface area contributed by atoms with Crippen LogP contribution in [0.2, 0.25) is 0 Å². The molecule has 2 aromatic heterocycles. The Bertz CT molecular complexity index is 1290. The van der Waals surface area contributed by atoms with Crippen molar-refractivity contribution in [1.29, 1.82) is 5.26 Å². The molecular formula is C26H26N4O. The number of aromatic nitrogens is 2. The summed E-state index contributed by atoms with van der Waals surface area (Å²) in [5.41, 5.74) is 6.75. The summed E-state index contributed by atoms with van der Waals surface area (Å²) in [4.78, 5) is 7.29. The number of nitriles is 1. The maximum Gasteiger partial charge on any atom is 0.157 e. The van der Waals surface area contributed by atoms with Crippen molar-refractivity contribution in [2.24, 2.45) is 0 Å². The van der Waals surface area contributed by atoms with E-state index in [0.717, 1.165) is 47.6 Å². The van der Waals surface area contributed by atoms with Gasteiger partial charge in [-0.05, 0) is 44.0 Å². The molecule has 0 saturated carbocycles. The fourth-order valence-corrected chi connectivity index (χ4v) is 4.86. The molecule has 1 fully saturated rings. The first-order valence-electron chi connectivity index (χ1n) is 10.8. The number of hydrogen-bond acceptors (Lipinski definition) is 4. The van der Waals surface area contributed by atoms with E-state index in [1.54, 1.807) is 0 Å². The Morgan fingerprint density at radius 2 is 1.71 bits per heavy atom. The van der Waals surface area contributed by atoms with Gasteiger partial charge in [-0.15, -0.1) is 0 Å². The van der Waals surface area contributed by atoms with Crippen LogP contribution in [0.5, 0.6) is 0 Å². The molecule has 1 aliphatic heterocycles. The average Bonchev–Trinajstić information content (AvgIpc) is 3.13. The van der Waals surface area contributed by atoms with Crippen molar-refractivity contribution in [3.05, 3.63) is 76.9 Å². The number of imidazole rings is 1. The van der Waals surface area contributed by atoms with Crippen LogP contribution in [0, 0.1) is 18.3 Å². The molecule has 2 unspecified atom stereocenters. The predicted molar refractivity (Wildman–Crippen MR) is 124 cm³/mol. The number of rotatable bonds is 3. The zero-order chi connectivity index (χ0) is 21.5. The molecule has 0 spiro atoms. The fraction of sp³-hybridized carbons (Fsp3) is 0.308. The number of ether oxygens (including phenoxy) is 1. The standard InChI is InChI=1S/C26H26N4O/c1-17-15-29(16-18(2)31-17)26-21(13-20-9-5-4-6-10-20)19(3)22(14-27)25-28-23-11-7-8-12-24(23)30(25)26/h4-12,17-18H,13,15-16H2,1-3H3. The quantitative estimate of drug-likeness (QED) is 0.483. The Balaban J connectivity index is 1.85. The highest BCUT2D eigenvalue weighted by Crippen LogP contribution is 2.35. The molecule has 156 valence electrons. The summed E-state index contributed by atoms with van der Waals surface area (Å²) in [7, 11) is 0. The fourth-order valence-electron chi connectivity index (χ4n) is 4.86. The monoisotopic (exact) mass is 410 g/mol. The van der Waals surface area contributed by atoms with Crippen molar-refractivity contribution in [2.75, 3.05) is 18.0 Å². The molecule has 1 aliphatic rings. The van der Waals surface area contributed by atoms with Gasteiger partial charge in [0, 0.05) is 25.1 Å². The summed E-state index contributed by atoms with van der Waals surface area (Å²) >= 11 is 0. The number of anilines is 1. The summed E-state index contributed by atoms with van der Waals surface area (Å²) in [6.07, 6.45) is 1.03. The zero-order valence-electron chi connectivity index (χ0n) is 18.2. The lowest BCUT2D eigenvalue weighted by atomic mass is 9.97. The minimum atomic E-state index is 0.133. The number of hydrogen-bond donors (Lipinski definition) is 0. The normalized spacial score (nSPS) is 19.1. The van der Waals surface area contributed by atoms with Gasteiger partial charge in [-0.2, -0.15) is 5.26 Å². The van der Waals surface area contributed by atoms with Gasteiger partial charge in [0.1, 0.15) is 11.9 Å². The average molecular weight is 411 g/mol.